The van der Waals surface area contributed by atoms with Crippen LogP contribution in [0.15, 0.2) is 29.7 Å². The molecular weight excluding hydrogens is 410 g/mol. The summed E-state index contributed by atoms with van der Waals surface area (Å²) in [7, 11) is 0. The molecule has 166 valence electrons. The zero-order valence-electron chi connectivity index (χ0n) is 18.4. The van der Waals surface area contributed by atoms with Crippen LogP contribution in [-0.4, -0.2) is 68.3 Å². The Morgan fingerprint density at radius 1 is 1.00 bits per heavy atom. The summed E-state index contributed by atoms with van der Waals surface area (Å²) in [4.78, 5) is 29.4. The monoisotopic (exact) mass is 441 g/mol. The van der Waals surface area contributed by atoms with Crippen molar-refractivity contribution in [3.05, 3.63) is 35.7 Å². The smallest absolute Gasteiger partial charge is 0.233 e. The summed E-state index contributed by atoms with van der Waals surface area (Å²) in [6, 6.07) is 6.23. The maximum absolute atomic E-state index is 12.8. The van der Waals surface area contributed by atoms with Gasteiger partial charge in [-0.2, -0.15) is 0 Å². The van der Waals surface area contributed by atoms with E-state index in [-0.39, 0.29) is 11.8 Å². The summed E-state index contributed by atoms with van der Waals surface area (Å²) in [5.41, 5.74) is 3.45. The van der Waals surface area contributed by atoms with E-state index in [2.05, 4.69) is 36.2 Å². The summed E-state index contributed by atoms with van der Waals surface area (Å²) < 4.78 is 1.92. The van der Waals surface area contributed by atoms with Crippen LogP contribution in [0.4, 0.5) is 0 Å². The number of benzene rings is 1. The first-order valence-corrected chi connectivity index (χ1v) is 12.2. The zero-order valence-corrected chi connectivity index (χ0v) is 19.2. The summed E-state index contributed by atoms with van der Waals surface area (Å²) >= 11 is 1.41. The van der Waals surface area contributed by atoms with Crippen molar-refractivity contribution >= 4 is 23.6 Å². The summed E-state index contributed by atoms with van der Waals surface area (Å²) in [5, 5.41) is 8.96. The number of hydrogen-bond donors (Lipinski definition) is 0. The number of thioether (sulfide) groups is 1. The zero-order chi connectivity index (χ0) is 21.8. The summed E-state index contributed by atoms with van der Waals surface area (Å²) in [6.45, 7) is 7.29. The van der Waals surface area contributed by atoms with Gasteiger partial charge in [-0.05, 0) is 69.2 Å². The number of nitrogens with zero attached hydrogens (tertiary/aromatic N) is 5. The normalized spacial score (nSPS) is 17.7. The van der Waals surface area contributed by atoms with Crippen molar-refractivity contribution in [1.29, 1.82) is 0 Å². The number of hydrogen-bond acceptors (Lipinski definition) is 5. The molecule has 3 heterocycles. The average molecular weight is 442 g/mol. The van der Waals surface area contributed by atoms with Crippen LogP contribution in [0.5, 0.6) is 0 Å². The van der Waals surface area contributed by atoms with Crippen LogP contribution in [0.2, 0.25) is 0 Å². The van der Waals surface area contributed by atoms with Crippen molar-refractivity contribution in [2.75, 3.05) is 31.9 Å². The molecule has 0 saturated carbocycles. The molecule has 7 nitrogen and oxygen atoms in total. The minimum absolute atomic E-state index is 0.0719. The lowest BCUT2D eigenvalue weighted by molar-refractivity contribution is -0.140. The molecule has 2 fully saturated rings. The predicted octanol–water partition coefficient (Wildman–Crippen LogP) is 3.23. The first-order valence-electron chi connectivity index (χ1n) is 11.2. The van der Waals surface area contributed by atoms with Gasteiger partial charge in [0.25, 0.3) is 0 Å². The number of aromatic nitrogens is 3. The lowest BCUT2D eigenvalue weighted by atomic mass is 9.94. The number of carbonyl (C=O) groups is 2. The second-order valence-corrected chi connectivity index (χ2v) is 9.52. The van der Waals surface area contributed by atoms with E-state index >= 15 is 0 Å². The van der Waals surface area contributed by atoms with Crippen molar-refractivity contribution in [1.82, 2.24) is 24.6 Å². The molecule has 0 bridgehead atoms. The third-order valence-corrected chi connectivity index (χ3v) is 7.40. The van der Waals surface area contributed by atoms with E-state index in [0.29, 0.717) is 29.9 Å². The summed E-state index contributed by atoms with van der Waals surface area (Å²) in [6.07, 6.45) is 6.69. The highest BCUT2D eigenvalue weighted by Crippen LogP contribution is 2.25. The minimum atomic E-state index is 0.0719. The molecule has 2 aliphatic rings. The molecule has 2 aromatic rings. The molecule has 1 aromatic heterocycles. The van der Waals surface area contributed by atoms with Crippen LogP contribution in [0, 0.1) is 19.8 Å². The fraction of sp³-hybridized carbons (Fsp3) is 0.565. The topological polar surface area (TPSA) is 71.3 Å². The van der Waals surface area contributed by atoms with Crippen molar-refractivity contribution in [3.63, 3.8) is 0 Å². The van der Waals surface area contributed by atoms with E-state index in [9.17, 15) is 9.59 Å². The minimum Gasteiger partial charge on any atom is -0.342 e. The quantitative estimate of drug-likeness (QED) is 0.666. The Balaban J connectivity index is 1.29. The Kier molecular flexibility index (Phi) is 6.95. The maximum Gasteiger partial charge on any atom is 0.233 e. The van der Waals surface area contributed by atoms with Crippen molar-refractivity contribution in [2.24, 2.45) is 5.92 Å². The SMILES string of the molecule is Cc1ccc(-n2cnnc2SCC(=O)N2CCC(C(=O)N3CCCCC3)CC2)cc1C. The average Bonchev–Trinajstić information content (AvgIpc) is 3.28. The fourth-order valence-corrected chi connectivity index (χ4v) is 5.17. The van der Waals surface area contributed by atoms with Gasteiger partial charge in [0.05, 0.1) is 5.75 Å². The van der Waals surface area contributed by atoms with Crippen LogP contribution in [0.3, 0.4) is 0 Å². The maximum atomic E-state index is 12.8. The van der Waals surface area contributed by atoms with Crippen molar-refractivity contribution < 1.29 is 9.59 Å². The molecule has 0 spiro atoms. The number of rotatable bonds is 5. The second kappa shape index (κ2) is 9.85. The van der Waals surface area contributed by atoms with E-state index in [1.165, 1.54) is 29.3 Å². The molecule has 1 aromatic carbocycles. The Morgan fingerprint density at radius 2 is 1.74 bits per heavy atom. The molecular formula is C23H31N5O2S. The van der Waals surface area contributed by atoms with E-state index < -0.39 is 0 Å². The molecule has 0 atom stereocenters. The van der Waals surface area contributed by atoms with E-state index in [1.807, 2.05) is 20.4 Å². The first-order chi connectivity index (χ1) is 15.0. The molecule has 0 N–H and O–H groups in total. The number of likely N-dealkylation sites (tertiary alicyclic amines) is 2. The highest BCUT2D eigenvalue weighted by atomic mass is 32.2. The van der Waals surface area contributed by atoms with E-state index in [1.54, 1.807) is 6.33 Å². The Morgan fingerprint density at radius 3 is 2.45 bits per heavy atom. The fourth-order valence-electron chi connectivity index (χ4n) is 4.34. The third kappa shape index (κ3) is 5.11. The lowest BCUT2D eigenvalue weighted by Crippen LogP contribution is -2.46. The number of aryl methyl sites for hydroxylation is 2. The summed E-state index contributed by atoms with van der Waals surface area (Å²) in [5.74, 6) is 0.794. The van der Waals surface area contributed by atoms with Gasteiger partial charge < -0.3 is 9.80 Å². The molecule has 31 heavy (non-hydrogen) atoms. The van der Waals surface area contributed by atoms with Gasteiger partial charge in [-0.1, -0.05) is 17.8 Å². The molecule has 0 unspecified atom stereocenters. The molecule has 8 heteroatoms. The van der Waals surface area contributed by atoms with Crippen LogP contribution in [0.25, 0.3) is 5.69 Å². The largest absolute Gasteiger partial charge is 0.342 e. The first kappa shape index (κ1) is 21.9. The van der Waals surface area contributed by atoms with Gasteiger partial charge in [-0.3, -0.25) is 14.2 Å². The Hall–Kier alpha value is -2.35. The molecule has 0 aliphatic carbocycles. The lowest BCUT2D eigenvalue weighted by Gasteiger charge is -2.35. The van der Waals surface area contributed by atoms with Crippen LogP contribution < -0.4 is 0 Å². The standard InChI is InChI=1S/C23H31N5O2S/c1-17-6-7-20(14-18(17)2)28-16-24-25-23(28)31-15-21(29)26-12-8-19(9-13-26)22(30)27-10-4-3-5-11-27/h6-7,14,16,19H,3-5,8-13,15H2,1-2H3. The van der Waals surface area contributed by atoms with Crippen LogP contribution >= 0.6 is 11.8 Å². The van der Waals surface area contributed by atoms with Gasteiger partial charge in [0, 0.05) is 37.8 Å². The van der Waals surface area contributed by atoms with Gasteiger partial charge in [0.15, 0.2) is 5.16 Å². The Labute approximate surface area is 188 Å². The molecule has 0 radical (unpaired) electrons. The van der Waals surface area contributed by atoms with Gasteiger partial charge in [0.2, 0.25) is 11.8 Å². The third-order valence-electron chi connectivity index (χ3n) is 6.47. The predicted molar refractivity (Wildman–Crippen MR) is 121 cm³/mol. The molecule has 4 rings (SSSR count). The van der Waals surface area contributed by atoms with Crippen LogP contribution in [-0.2, 0) is 9.59 Å². The van der Waals surface area contributed by atoms with E-state index in [0.717, 1.165) is 44.5 Å². The van der Waals surface area contributed by atoms with Gasteiger partial charge >= 0.3 is 0 Å². The molecule has 2 amide bonds. The van der Waals surface area contributed by atoms with Crippen molar-refractivity contribution in [2.45, 2.75) is 51.1 Å². The number of amides is 2. The van der Waals surface area contributed by atoms with Gasteiger partial charge in [-0.25, -0.2) is 0 Å². The second-order valence-electron chi connectivity index (χ2n) is 8.58. The highest BCUT2D eigenvalue weighted by Gasteiger charge is 2.30. The molecule has 2 saturated heterocycles. The highest BCUT2D eigenvalue weighted by molar-refractivity contribution is 7.99. The van der Waals surface area contributed by atoms with Crippen LogP contribution in [0.1, 0.15) is 43.2 Å². The van der Waals surface area contributed by atoms with Gasteiger partial charge in [0.1, 0.15) is 6.33 Å². The molecule has 2 aliphatic heterocycles. The van der Waals surface area contributed by atoms with Crippen molar-refractivity contribution in [3.8, 4) is 5.69 Å². The van der Waals surface area contributed by atoms with E-state index in [4.69, 9.17) is 0 Å². The number of carbonyl (C=O) groups excluding carboxylic acids is 2. The number of piperidine rings is 2. The van der Waals surface area contributed by atoms with Gasteiger partial charge in [-0.15, -0.1) is 10.2 Å². The Bertz CT molecular complexity index is 930.